The van der Waals surface area contributed by atoms with Crippen LogP contribution in [0.4, 0.5) is 17.1 Å². The summed E-state index contributed by atoms with van der Waals surface area (Å²) in [6, 6.07) is 3.52. The summed E-state index contributed by atoms with van der Waals surface area (Å²) in [7, 11) is 3.53. The third kappa shape index (κ3) is 5.13. The maximum atomic E-state index is 11.8. The van der Waals surface area contributed by atoms with Gasteiger partial charge in [0.25, 0.3) is 0 Å². The summed E-state index contributed by atoms with van der Waals surface area (Å²) >= 11 is 0. The Hall–Kier alpha value is -2.74. The normalized spacial score (nSPS) is 13.9. The van der Waals surface area contributed by atoms with Crippen LogP contribution in [0.1, 0.15) is 12.8 Å². The lowest BCUT2D eigenvalue weighted by Crippen LogP contribution is -2.31. The number of nitrogens with one attached hydrogen (secondary N) is 1. The van der Waals surface area contributed by atoms with Crippen LogP contribution >= 0.6 is 0 Å². The van der Waals surface area contributed by atoms with Gasteiger partial charge in [-0.1, -0.05) is 6.58 Å². The van der Waals surface area contributed by atoms with E-state index in [0.717, 1.165) is 31.9 Å². The fourth-order valence-electron chi connectivity index (χ4n) is 2.97. The van der Waals surface area contributed by atoms with Gasteiger partial charge in [0.1, 0.15) is 11.4 Å². The Morgan fingerprint density at radius 1 is 1.42 bits per heavy atom. The van der Waals surface area contributed by atoms with Crippen molar-refractivity contribution in [2.45, 2.75) is 12.8 Å². The van der Waals surface area contributed by atoms with Gasteiger partial charge < -0.3 is 31.3 Å². The molecule has 1 saturated heterocycles. The van der Waals surface area contributed by atoms with Crippen LogP contribution < -0.4 is 26.4 Å². The average molecular weight is 360 g/mol. The van der Waals surface area contributed by atoms with Crippen molar-refractivity contribution in [3.8, 4) is 5.75 Å². The van der Waals surface area contributed by atoms with Crippen LogP contribution in [-0.2, 0) is 4.79 Å². The molecule has 1 heterocycles. The largest absolute Gasteiger partial charge is 0.494 e. The van der Waals surface area contributed by atoms with Crippen molar-refractivity contribution in [3.63, 3.8) is 0 Å². The second-order valence-corrected chi connectivity index (χ2v) is 6.24. The Kier molecular flexibility index (Phi) is 6.85. The van der Waals surface area contributed by atoms with Crippen LogP contribution in [0, 0.1) is 0 Å². The van der Waals surface area contributed by atoms with Crippen molar-refractivity contribution in [2.75, 3.05) is 50.6 Å². The number of hydrogen-bond donors (Lipinski definition) is 3. The molecular formula is C18H28N6O2. The van der Waals surface area contributed by atoms with Crippen molar-refractivity contribution < 1.29 is 9.53 Å². The van der Waals surface area contributed by atoms with E-state index in [1.165, 1.54) is 18.9 Å². The number of likely N-dealkylation sites (N-methyl/N-ethyl adjacent to an activating group) is 1. The van der Waals surface area contributed by atoms with Gasteiger partial charge in [-0.15, -0.1) is 0 Å². The van der Waals surface area contributed by atoms with Gasteiger partial charge in [0.05, 0.1) is 18.5 Å². The molecule has 0 saturated carbocycles. The first-order valence-electron chi connectivity index (χ1n) is 8.63. The standard InChI is InChI=1S/C18H28N6O2/c1-4-17(25)21-13-11-14(22-18(19)20)16(26-3)12-15(13)23(2)9-10-24-7-5-6-8-24/h4,11-12H,1,5-10H2,2-3H3,(H,21,25)(H4,19,20,22). The molecule has 1 fully saturated rings. The van der Waals surface area contributed by atoms with E-state index in [0.29, 0.717) is 17.1 Å². The lowest BCUT2D eigenvalue weighted by Gasteiger charge is -2.26. The number of nitrogens with two attached hydrogens (primary N) is 2. The molecule has 1 amide bonds. The highest BCUT2D eigenvalue weighted by Crippen LogP contribution is 2.38. The van der Waals surface area contributed by atoms with Gasteiger partial charge in [0, 0.05) is 26.2 Å². The maximum Gasteiger partial charge on any atom is 0.247 e. The van der Waals surface area contributed by atoms with Gasteiger partial charge in [-0.05, 0) is 38.1 Å². The molecule has 1 aromatic rings. The van der Waals surface area contributed by atoms with Crippen molar-refractivity contribution >= 4 is 28.9 Å². The van der Waals surface area contributed by atoms with Gasteiger partial charge in [0.15, 0.2) is 5.96 Å². The second-order valence-electron chi connectivity index (χ2n) is 6.24. The number of amides is 1. The van der Waals surface area contributed by atoms with E-state index in [9.17, 15) is 4.79 Å². The first-order valence-corrected chi connectivity index (χ1v) is 8.63. The van der Waals surface area contributed by atoms with Gasteiger partial charge in [-0.25, -0.2) is 4.99 Å². The molecule has 26 heavy (non-hydrogen) atoms. The number of rotatable bonds is 8. The Morgan fingerprint density at radius 3 is 2.69 bits per heavy atom. The number of ether oxygens (including phenoxy) is 1. The fraction of sp³-hybridized carbons (Fsp3) is 0.444. The van der Waals surface area contributed by atoms with E-state index in [1.54, 1.807) is 13.2 Å². The molecule has 0 aliphatic carbocycles. The van der Waals surface area contributed by atoms with Crippen LogP contribution in [0.15, 0.2) is 29.8 Å². The fourth-order valence-corrected chi connectivity index (χ4v) is 2.97. The van der Waals surface area contributed by atoms with Crippen LogP contribution in [-0.4, -0.2) is 57.1 Å². The SMILES string of the molecule is C=CC(=O)Nc1cc(N=C(N)N)c(OC)cc1N(C)CCN1CCCC1. The number of guanidine groups is 1. The summed E-state index contributed by atoms with van der Waals surface area (Å²) in [6.07, 6.45) is 3.73. The molecule has 0 aromatic heterocycles. The smallest absolute Gasteiger partial charge is 0.247 e. The zero-order valence-corrected chi connectivity index (χ0v) is 15.5. The number of aliphatic imine (C=N–C) groups is 1. The number of methoxy groups -OCH3 is 1. The van der Waals surface area contributed by atoms with Crippen LogP contribution in [0.2, 0.25) is 0 Å². The zero-order valence-electron chi connectivity index (χ0n) is 15.5. The third-order valence-corrected chi connectivity index (χ3v) is 4.35. The summed E-state index contributed by atoms with van der Waals surface area (Å²) < 4.78 is 5.41. The second kappa shape index (κ2) is 9.10. The highest BCUT2D eigenvalue weighted by Gasteiger charge is 2.17. The number of nitrogens with zero attached hydrogens (tertiary/aromatic N) is 3. The monoisotopic (exact) mass is 360 g/mol. The molecule has 1 aliphatic heterocycles. The summed E-state index contributed by atoms with van der Waals surface area (Å²) in [6.45, 7) is 7.56. The van der Waals surface area contributed by atoms with E-state index in [-0.39, 0.29) is 11.9 Å². The van der Waals surface area contributed by atoms with Crippen molar-refractivity contribution in [2.24, 2.45) is 16.5 Å². The Morgan fingerprint density at radius 2 is 2.12 bits per heavy atom. The van der Waals surface area contributed by atoms with Crippen LogP contribution in [0.25, 0.3) is 0 Å². The lowest BCUT2D eigenvalue weighted by molar-refractivity contribution is -0.111. The molecule has 1 aliphatic rings. The minimum Gasteiger partial charge on any atom is -0.494 e. The molecule has 0 unspecified atom stereocenters. The molecular weight excluding hydrogens is 332 g/mol. The quantitative estimate of drug-likeness (QED) is 0.366. The summed E-state index contributed by atoms with van der Waals surface area (Å²) in [5.74, 6) is 0.137. The highest BCUT2D eigenvalue weighted by atomic mass is 16.5. The number of carbonyl (C=O) groups is 1. The maximum absolute atomic E-state index is 11.8. The predicted octanol–water partition coefficient (Wildman–Crippen LogP) is 1.26. The van der Waals surface area contributed by atoms with Gasteiger partial charge >= 0.3 is 0 Å². The number of carbonyl (C=O) groups excluding carboxylic acids is 1. The van der Waals surface area contributed by atoms with Gasteiger partial charge in [-0.2, -0.15) is 0 Å². The molecule has 8 nitrogen and oxygen atoms in total. The zero-order chi connectivity index (χ0) is 19.1. The number of benzene rings is 1. The molecule has 0 spiro atoms. The summed E-state index contributed by atoms with van der Waals surface area (Å²) in [4.78, 5) is 20.4. The van der Waals surface area contributed by atoms with E-state index < -0.39 is 0 Å². The topological polar surface area (TPSA) is 109 Å². The molecule has 142 valence electrons. The van der Waals surface area contributed by atoms with Crippen molar-refractivity contribution in [1.29, 1.82) is 0 Å². The van der Waals surface area contributed by atoms with Gasteiger partial charge in [0.2, 0.25) is 5.91 Å². The van der Waals surface area contributed by atoms with E-state index in [1.807, 2.05) is 13.1 Å². The minimum atomic E-state index is -0.306. The Balaban J connectivity index is 2.31. The summed E-state index contributed by atoms with van der Waals surface area (Å²) in [5, 5.41) is 2.82. The summed E-state index contributed by atoms with van der Waals surface area (Å²) in [5.41, 5.74) is 12.9. The third-order valence-electron chi connectivity index (χ3n) is 4.35. The van der Waals surface area contributed by atoms with Crippen molar-refractivity contribution in [3.05, 3.63) is 24.8 Å². The molecule has 1 aromatic carbocycles. The molecule has 0 bridgehead atoms. The predicted molar refractivity (Wildman–Crippen MR) is 106 cm³/mol. The van der Waals surface area contributed by atoms with E-state index in [2.05, 4.69) is 26.7 Å². The van der Waals surface area contributed by atoms with Crippen LogP contribution in [0.5, 0.6) is 5.75 Å². The number of anilines is 2. The minimum absolute atomic E-state index is 0.0839. The van der Waals surface area contributed by atoms with E-state index in [4.69, 9.17) is 16.2 Å². The molecule has 8 heteroatoms. The highest BCUT2D eigenvalue weighted by molar-refractivity contribution is 6.02. The number of hydrogen-bond acceptors (Lipinski definition) is 5. The number of likely N-dealkylation sites (tertiary alicyclic amines) is 1. The average Bonchev–Trinajstić information content (AvgIpc) is 3.12. The Labute approximate surface area is 154 Å². The molecule has 5 N–H and O–H groups in total. The molecule has 0 atom stereocenters. The first-order chi connectivity index (χ1) is 12.4. The Bertz CT molecular complexity index is 679. The van der Waals surface area contributed by atoms with Crippen LogP contribution in [0.3, 0.4) is 0 Å². The molecule has 0 radical (unpaired) electrons. The first kappa shape index (κ1) is 19.6. The van der Waals surface area contributed by atoms with Crippen molar-refractivity contribution in [1.82, 2.24) is 4.90 Å². The molecule has 2 rings (SSSR count). The van der Waals surface area contributed by atoms with E-state index >= 15 is 0 Å². The lowest BCUT2D eigenvalue weighted by atomic mass is 10.2. The van der Waals surface area contributed by atoms with Gasteiger partial charge in [-0.3, -0.25) is 4.79 Å².